The fourth-order valence-electron chi connectivity index (χ4n) is 6.40. The van der Waals surface area contributed by atoms with Crippen LogP contribution in [0.2, 0.25) is 0 Å². The van der Waals surface area contributed by atoms with E-state index in [-0.39, 0.29) is 42.3 Å². The summed E-state index contributed by atoms with van der Waals surface area (Å²) in [4.78, 5) is 33.9. The van der Waals surface area contributed by atoms with Gasteiger partial charge in [-0.25, -0.2) is 8.78 Å². The van der Waals surface area contributed by atoms with E-state index in [1.54, 1.807) is 12.1 Å². The van der Waals surface area contributed by atoms with Crippen LogP contribution in [0.1, 0.15) is 39.0 Å². The molecule has 7 rings (SSSR count). The Balaban J connectivity index is 1.13. The number of rotatable bonds is 11. The molecule has 0 unspecified atom stereocenters. The van der Waals surface area contributed by atoms with Gasteiger partial charge in [-0.15, -0.1) is 0 Å². The van der Waals surface area contributed by atoms with Crippen molar-refractivity contribution in [1.29, 1.82) is 0 Å². The smallest absolute Gasteiger partial charge is 0.247 e. The molecule has 0 bridgehead atoms. The Morgan fingerprint density at radius 1 is 0.940 bits per heavy atom. The number of amides is 2. The number of carbonyl (C=O) groups is 2. The van der Waals surface area contributed by atoms with E-state index in [1.807, 2.05) is 6.92 Å². The number of primary amides is 1. The fourth-order valence-corrected chi connectivity index (χ4v) is 6.40. The van der Waals surface area contributed by atoms with Crippen molar-refractivity contribution in [3.8, 4) is 28.7 Å². The molecule has 0 radical (unpaired) electrons. The van der Waals surface area contributed by atoms with Crippen LogP contribution in [0.3, 0.4) is 0 Å². The van der Waals surface area contributed by atoms with Gasteiger partial charge in [-0.3, -0.25) is 19.5 Å². The van der Waals surface area contributed by atoms with E-state index < -0.39 is 34.5 Å². The molecule has 4 aromatic rings. The Labute approximate surface area is 287 Å². The summed E-state index contributed by atoms with van der Waals surface area (Å²) in [5.74, 6) is -1.33. The summed E-state index contributed by atoms with van der Waals surface area (Å²) in [6.45, 7) is 5.42. The van der Waals surface area contributed by atoms with Crippen LogP contribution in [0.25, 0.3) is 10.9 Å². The van der Waals surface area contributed by atoms with Crippen LogP contribution in [0, 0.1) is 17.0 Å². The molecule has 3 N–H and O–H groups in total. The summed E-state index contributed by atoms with van der Waals surface area (Å²) in [7, 11) is 0. The Morgan fingerprint density at radius 2 is 1.64 bits per heavy atom. The highest BCUT2D eigenvalue weighted by atomic mass is 19.1. The van der Waals surface area contributed by atoms with Crippen molar-refractivity contribution in [2.75, 3.05) is 44.4 Å². The number of likely N-dealkylation sites (tertiary alicyclic amines) is 1. The predicted octanol–water partition coefficient (Wildman–Crippen LogP) is 5.62. The lowest BCUT2D eigenvalue weighted by atomic mass is 9.94. The lowest BCUT2D eigenvalue weighted by Gasteiger charge is -2.35. The third-order valence-electron chi connectivity index (χ3n) is 9.57. The minimum absolute atomic E-state index is 0.113. The van der Waals surface area contributed by atoms with Crippen molar-refractivity contribution < 1.29 is 42.4 Å². The summed E-state index contributed by atoms with van der Waals surface area (Å²) >= 11 is 0. The zero-order valence-corrected chi connectivity index (χ0v) is 27.6. The first-order chi connectivity index (χ1) is 24.0. The number of benzene rings is 3. The second kappa shape index (κ2) is 13.4. The molecular formula is C37H38F2N4O7. The number of anilines is 2. The number of carbonyl (C=O) groups excluding carboxylic acids is 2. The van der Waals surface area contributed by atoms with Crippen molar-refractivity contribution in [2.45, 2.75) is 44.6 Å². The maximum atomic E-state index is 15.8. The number of hydrogen-bond donors (Lipinski definition) is 2. The summed E-state index contributed by atoms with van der Waals surface area (Å²) in [6, 6.07) is 12.4. The van der Waals surface area contributed by atoms with Crippen LogP contribution in [-0.2, 0) is 9.59 Å². The van der Waals surface area contributed by atoms with Crippen molar-refractivity contribution in [3.05, 3.63) is 72.4 Å². The summed E-state index contributed by atoms with van der Waals surface area (Å²) in [5, 5.41) is 10.7. The van der Waals surface area contributed by atoms with Crippen molar-refractivity contribution >= 4 is 34.1 Å². The topological polar surface area (TPSA) is 137 Å². The van der Waals surface area contributed by atoms with E-state index in [4.69, 9.17) is 24.7 Å². The van der Waals surface area contributed by atoms with Crippen molar-refractivity contribution in [1.82, 2.24) is 9.88 Å². The minimum Gasteiger partial charge on any atom is -0.489 e. The molecule has 50 heavy (non-hydrogen) atoms. The zero-order chi connectivity index (χ0) is 35.0. The molecule has 1 saturated carbocycles. The van der Waals surface area contributed by atoms with Crippen molar-refractivity contribution in [3.63, 3.8) is 0 Å². The van der Waals surface area contributed by atoms with Gasteiger partial charge in [0.05, 0.1) is 28.8 Å². The van der Waals surface area contributed by atoms with Gasteiger partial charge in [0.15, 0.2) is 23.1 Å². The highest BCUT2D eigenvalue weighted by Crippen LogP contribution is 2.50. The SMILES string of the molecule is CC1(O)CCN(CCCOc2cc3nccc(Oc4ccc(N(C(=O)C5(C(N)=O)CC5)c5ccc(F)cc5)cc4F)c3c3c2OCCO3)CC1. The molecule has 3 heterocycles. The number of nitrogens with two attached hydrogens (primary N) is 1. The number of halogens is 2. The first-order valence-electron chi connectivity index (χ1n) is 16.7. The Morgan fingerprint density at radius 3 is 2.32 bits per heavy atom. The largest absolute Gasteiger partial charge is 0.489 e. The van der Waals surface area contributed by atoms with Gasteiger partial charge in [0.25, 0.3) is 0 Å². The molecular weight excluding hydrogens is 650 g/mol. The molecule has 2 fully saturated rings. The van der Waals surface area contributed by atoms with Crippen LogP contribution in [0.15, 0.2) is 60.8 Å². The van der Waals surface area contributed by atoms with Gasteiger partial charge in [-0.2, -0.15) is 0 Å². The van der Waals surface area contributed by atoms with Crippen LogP contribution >= 0.6 is 0 Å². The summed E-state index contributed by atoms with van der Waals surface area (Å²) in [5.41, 5.74) is 4.43. The first kappa shape index (κ1) is 33.5. The molecule has 2 aliphatic heterocycles. The van der Waals surface area contributed by atoms with Gasteiger partial charge in [0.1, 0.15) is 30.2 Å². The number of nitrogens with zero attached hydrogens (tertiary/aromatic N) is 3. The van der Waals surface area contributed by atoms with E-state index >= 15 is 4.39 Å². The normalized spacial score (nSPS) is 17.6. The molecule has 3 aliphatic rings. The van der Waals surface area contributed by atoms with Crippen LogP contribution in [0.5, 0.6) is 28.7 Å². The van der Waals surface area contributed by atoms with Gasteiger partial charge in [-0.1, -0.05) is 0 Å². The number of hydrogen-bond acceptors (Lipinski definition) is 9. The number of fused-ring (bicyclic) bond motifs is 3. The van der Waals surface area contributed by atoms with E-state index in [1.165, 1.54) is 47.5 Å². The van der Waals surface area contributed by atoms with Gasteiger partial charge in [0, 0.05) is 43.7 Å². The molecule has 11 nitrogen and oxygen atoms in total. The molecule has 0 spiro atoms. The monoisotopic (exact) mass is 688 g/mol. The summed E-state index contributed by atoms with van der Waals surface area (Å²) in [6.07, 6.45) is 4.33. The quantitative estimate of drug-likeness (QED) is 0.152. The molecule has 0 atom stereocenters. The molecule has 1 aromatic heterocycles. The lowest BCUT2D eigenvalue weighted by Crippen LogP contribution is -2.42. The van der Waals surface area contributed by atoms with Gasteiger partial charge >= 0.3 is 0 Å². The number of pyridine rings is 1. The molecule has 262 valence electrons. The Bertz CT molecular complexity index is 1920. The number of aliphatic hydroxyl groups is 1. The molecule has 13 heteroatoms. The fraction of sp³-hybridized carbons (Fsp3) is 0.378. The predicted molar refractivity (Wildman–Crippen MR) is 180 cm³/mol. The second-order valence-electron chi connectivity index (χ2n) is 13.3. The van der Waals surface area contributed by atoms with E-state index in [9.17, 15) is 19.1 Å². The van der Waals surface area contributed by atoms with E-state index in [0.717, 1.165) is 45.0 Å². The zero-order valence-electron chi connectivity index (χ0n) is 27.6. The maximum absolute atomic E-state index is 15.8. The number of ether oxygens (including phenoxy) is 4. The van der Waals surface area contributed by atoms with E-state index in [0.29, 0.717) is 41.4 Å². The third kappa shape index (κ3) is 6.62. The first-order valence-corrected chi connectivity index (χ1v) is 16.7. The highest BCUT2D eigenvalue weighted by Gasteiger charge is 2.57. The number of aromatic nitrogens is 1. The molecule has 1 aliphatic carbocycles. The highest BCUT2D eigenvalue weighted by molar-refractivity contribution is 6.16. The average molecular weight is 689 g/mol. The van der Waals surface area contributed by atoms with Gasteiger partial charge in [0.2, 0.25) is 17.6 Å². The standard InChI is InChI=1S/C37H38F2N4O7/c1-36(46)12-16-42(17-13-36)15-2-18-47-30-22-27-31(33-32(30)48-19-20-49-33)29(9-14-41-27)50-28-8-7-25(21-26(28)39)43(24-5-3-23(38)4-6-24)35(45)37(10-11-37)34(40)44/h3-9,14,21-22,46H,2,10-13,15-20H2,1H3,(H2,40,44). The van der Waals surface area contributed by atoms with Gasteiger partial charge < -0.3 is 34.7 Å². The van der Waals surface area contributed by atoms with E-state index in [2.05, 4.69) is 9.88 Å². The van der Waals surface area contributed by atoms with Gasteiger partial charge in [-0.05, 0) is 81.5 Å². The second-order valence-corrected chi connectivity index (χ2v) is 13.3. The minimum atomic E-state index is -1.41. The number of piperidine rings is 1. The molecule has 1 saturated heterocycles. The third-order valence-corrected chi connectivity index (χ3v) is 9.57. The summed E-state index contributed by atoms with van der Waals surface area (Å²) < 4.78 is 53.9. The Kier molecular flexibility index (Phi) is 8.95. The molecule has 3 aromatic carbocycles. The lowest BCUT2D eigenvalue weighted by molar-refractivity contribution is -0.133. The van der Waals surface area contributed by atoms with Crippen LogP contribution in [-0.4, -0.2) is 71.9 Å². The Hall–Kier alpha value is -5.01. The van der Waals surface area contributed by atoms with Crippen molar-refractivity contribution in [2.24, 2.45) is 11.1 Å². The molecule has 2 amide bonds. The van der Waals surface area contributed by atoms with Crippen LogP contribution in [0.4, 0.5) is 20.2 Å². The van der Waals surface area contributed by atoms with Crippen LogP contribution < -0.4 is 29.6 Å². The maximum Gasteiger partial charge on any atom is 0.247 e. The average Bonchev–Trinajstić information content (AvgIpc) is 3.92.